The van der Waals surface area contributed by atoms with Gasteiger partial charge in [0.2, 0.25) is 11.8 Å². The summed E-state index contributed by atoms with van der Waals surface area (Å²) in [5.74, 6) is -1.49. The lowest BCUT2D eigenvalue weighted by molar-refractivity contribution is -0.136. The molecule has 0 aromatic heterocycles. The highest BCUT2D eigenvalue weighted by Gasteiger charge is 2.43. The summed E-state index contributed by atoms with van der Waals surface area (Å²) in [6.45, 7) is 2.02. The number of rotatable bonds is 1. The molecule has 22 heavy (non-hydrogen) atoms. The molecule has 2 aliphatic rings. The maximum Gasteiger partial charge on any atom is 0.230 e. The summed E-state index contributed by atoms with van der Waals surface area (Å²) in [7, 11) is 0. The van der Waals surface area contributed by atoms with Crippen molar-refractivity contribution in [1.82, 2.24) is 5.32 Å². The minimum Gasteiger partial charge on any atom is -0.296 e. The number of imide groups is 1. The molecule has 4 heteroatoms. The first-order valence-corrected chi connectivity index (χ1v) is 7.48. The maximum absolute atomic E-state index is 12.9. The van der Waals surface area contributed by atoms with Gasteiger partial charge < -0.3 is 0 Å². The maximum atomic E-state index is 12.9. The molecule has 0 bridgehead atoms. The second-order valence-electron chi connectivity index (χ2n) is 6.10. The molecule has 0 radical (unpaired) electrons. The fourth-order valence-electron chi connectivity index (χ4n) is 3.78. The first kappa shape index (κ1) is 13.2. The molecule has 2 atom stereocenters. The third kappa shape index (κ3) is 1.67. The van der Waals surface area contributed by atoms with Gasteiger partial charge in [0.1, 0.15) is 0 Å². The van der Waals surface area contributed by atoms with E-state index in [0.717, 1.165) is 21.9 Å². The van der Waals surface area contributed by atoms with E-state index in [1.54, 1.807) is 0 Å². The second kappa shape index (κ2) is 4.50. The van der Waals surface area contributed by atoms with Gasteiger partial charge in [-0.05, 0) is 35.2 Å². The quantitative estimate of drug-likeness (QED) is 0.822. The Balaban J connectivity index is 1.89. The van der Waals surface area contributed by atoms with Crippen LogP contribution < -0.4 is 5.32 Å². The van der Waals surface area contributed by atoms with Crippen LogP contribution in [0.15, 0.2) is 30.3 Å². The molecule has 1 aliphatic heterocycles. The van der Waals surface area contributed by atoms with Crippen molar-refractivity contribution < 1.29 is 14.4 Å². The molecule has 1 saturated heterocycles. The number of hydrogen-bond donors (Lipinski definition) is 1. The fourth-order valence-corrected chi connectivity index (χ4v) is 3.78. The monoisotopic (exact) mass is 293 g/mol. The molecule has 2 aromatic rings. The fraction of sp³-hybridized carbons (Fsp3) is 0.278. The second-order valence-corrected chi connectivity index (χ2v) is 6.10. The Morgan fingerprint density at radius 3 is 2.68 bits per heavy atom. The van der Waals surface area contributed by atoms with Crippen LogP contribution in [-0.2, 0) is 9.59 Å². The van der Waals surface area contributed by atoms with Gasteiger partial charge in [0.05, 0.1) is 11.8 Å². The smallest absolute Gasteiger partial charge is 0.230 e. The van der Waals surface area contributed by atoms with Crippen molar-refractivity contribution in [3.05, 3.63) is 47.0 Å². The molecular weight excluding hydrogens is 278 g/mol. The highest BCUT2D eigenvalue weighted by Crippen LogP contribution is 2.44. The van der Waals surface area contributed by atoms with Crippen LogP contribution in [0.1, 0.15) is 40.2 Å². The Morgan fingerprint density at radius 1 is 1.09 bits per heavy atom. The number of nitrogens with one attached hydrogen (secondary N) is 1. The molecular formula is C18H15NO3. The molecule has 0 spiro atoms. The molecule has 110 valence electrons. The zero-order valence-corrected chi connectivity index (χ0v) is 12.2. The number of carbonyl (C=O) groups is 3. The lowest BCUT2D eigenvalue weighted by Gasteiger charge is -2.25. The normalized spacial score (nSPS) is 24.0. The predicted octanol–water partition coefficient (Wildman–Crippen LogP) is 2.48. The number of aryl methyl sites for hydroxylation is 1. The van der Waals surface area contributed by atoms with Gasteiger partial charge in [0.25, 0.3) is 0 Å². The molecule has 2 aromatic carbocycles. The van der Waals surface area contributed by atoms with Gasteiger partial charge in [0, 0.05) is 12.0 Å². The Hall–Kier alpha value is -2.49. The molecule has 1 fully saturated rings. The summed E-state index contributed by atoms with van der Waals surface area (Å²) >= 11 is 0. The Bertz CT molecular complexity index is 853. The lowest BCUT2D eigenvalue weighted by Crippen LogP contribution is -2.43. The minimum absolute atomic E-state index is 0.000647. The number of amides is 2. The topological polar surface area (TPSA) is 63.2 Å². The van der Waals surface area contributed by atoms with Crippen LogP contribution in [0.2, 0.25) is 0 Å². The van der Waals surface area contributed by atoms with E-state index in [0.29, 0.717) is 18.4 Å². The Kier molecular flexibility index (Phi) is 2.70. The van der Waals surface area contributed by atoms with E-state index < -0.39 is 11.8 Å². The molecule has 2 unspecified atom stereocenters. The summed E-state index contributed by atoms with van der Waals surface area (Å²) in [5, 5.41) is 4.41. The van der Waals surface area contributed by atoms with Crippen molar-refractivity contribution in [2.24, 2.45) is 5.92 Å². The largest absolute Gasteiger partial charge is 0.296 e. The van der Waals surface area contributed by atoms with Crippen LogP contribution in [0.25, 0.3) is 10.8 Å². The van der Waals surface area contributed by atoms with Crippen LogP contribution in [0, 0.1) is 12.8 Å². The standard InChI is InChI=1S/C18H15NO3/c1-9-5-6-11-15-10(9)3-2-4-12(15)17(21)16(11)13-7-8-14(20)19-18(13)22/h2-6,13,16H,7-8H2,1H3,(H,19,20,22). The Labute approximate surface area is 127 Å². The van der Waals surface area contributed by atoms with E-state index in [-0.39, 0.29) is 17.6 Å². The third-order valence-corrected chi connectivity index (χ3v) is 4.86. The third-order valence-electron chi connectivity index (χ3n) is 4.86. The summed E-state index contributed by atoms with van der Waals surface area (Å²) in [6, 6.07) is 9.69. The predicted molar refractivity (Wildman–Crippen MR) is 81.6 cm³/mol. The summed E-state index contributed by atoms with van der Waals surface area (Å²) < 4.78 is 0. The van der Waals surface area contributed by atoms with Crippen molar-refractivity contribution in [3.63, 3.8) is 0 Å². The molecule has 1 aliphatic carbocycles. The highest BCUT2D eigenvalue weighted by molar-refractivity contribution is 6.20. The van der Waals surface area contributed by atoms with Gasteiger partial charge in [-0.15, -0.1) is 0 Å². The van der Waals surface area contributed by atoms with Gasteiger partial charge in [-0.1, -0.05) is 30.3 Å². The summed E-state index contributed by atoms with van der Waals surface area (Å²) in [4.78, 5) is 36.4. The summed E-state index contributed by atoms with van der Waals surface area (Å²) in [6.07, 6.45) is 0.732. The molecule has 4 rings (SSSR count). The van der Waals surface area contributed by atoms with Crippen molar-refractivity contribution >= 4 is 28.4 Å². The van der Waals surface area contributed by atoms with Crippen molar-refractivity contribution in [3.8, 4) is 0 Å². The number of ketones is 1. The zero-order valence-electron chi connectivity index (χ0n) is 12.2. The van der Waals surface area contributed by atoms with E-state index in [9.17, 15) is 14.4 Å². The number of benzene rings is 2. The van der Waals surface area contributed by atoms with Gasteiger partial charge in [-0.2, -0.15) is 0 Å². The molecule has 0 saturated carbocycles. The first-order valence-electron chi connectivity index (χ1n) is 7.48. The van der Waals surface area contributed by atoms with E-state index in [1.165, 1.54) is 0 Å². The lowest BCUT2D eigenvalue weighted by atomic mass is 9.80. The van der Waals surface area contributed by atoms with E-state index >= 15 is 0 Å². The van der Waals surface area contributed by atoms with Crippen molar-refractivity contribution in [2.45, 2.75) is 25.7 Å². The van der Waals surface area contributed by atoms with Gasteiger partial charge in [-0.3, -0.25) is 19.7 Å². The van der Waals surface area contributed by atoms with E-state index in [1.807, 2.05) is 37.3 Å². The van der Waals surface area contributed by atoms with Crippen LogP contribution in [0.5, 0.6) is 0 Å². The van der Waals surface area contributed by atoms with Gasteiger partial charge in [0.15, 0.2) is 5.78 Å². The number of carbonyl (C=O) groups excluding carboxylic acids is 3. The van der Waals surface area contributed by atoms with Crippen molar-refractivity contribution in [2.75, 3.05) is 0 Å². The number of Topliss-reactive ketones (excluding diaryl/α,β-unsaturated/α-hetero) is 1. The first-order chi connectivity index (χ1) is 10.6. The van der Waals surface area contributed by atoms with Gasteiger partial charge >= 0.3 is 0 Å². The average molecular weight is 293 g/mol. The average Bonchev–Trinajstić information content (AvgIpc) is 2.78. The van der Waals surface area contributed by atoms with E-state index in [4.69, 9.17) is 0 Å². The van der Waals surface area contributed by atoms with Gasteiger partial charge in [-0.25, -0.2) is 0 Å². The zero-order chi connectivity index (χ0) is 15.4. The van der Waals surface area contributed by atoms with Crippen LogP contribution in [0.3, 0.4) is 0 Å². The number of hydrogen-bond acceptors (Lipinski definition) is 3. The molecule has 2 amide bonds. The van der Waals surface area contributed by atoms with Crippen LogP contribution in [-0.4, -0.2) is 17.6 Å². The molecule has 1 heterocycles. The SMILES string of the molecule is Cc1ccc2c3c(cccc13)C(=O)C2C1CCC(=O)NC1=O. The molecule has 4 nitrogen and oxygen atoms in total. The minimum atomic E-state index is -0.464. The Morgan fingerprint density at radius 2 is 1.91 bits per heavy atom. The van der Waals surface area contributed by atoms with Crippen molar-refractivity contribution in [1.29, 1.82) is 0 Å². The molecule has 1 N–H and O–H groups in total. The van der Waals surface area contributed by atoms with E-state index in [2.05, 4.69) is 5.32 Å². The summed E-state index contributed by atoms with van der Waals surface area (Å²) in [5.41, 5.74) is 2.75. The van der Waals surface area contributed by atoms with Crippen LogP contribution >= 0.6 is 0 Å². The van der Waals surface area contributed by atoms with Crippen LogP contribution in [0.4, 0.5) is 0 Å². The number of piperidine rings is 1. The highest BCUT2D eigenvalue weighted by atomic mass is 16.2.